The van der Waals surface area contributed by atoms with E-state index in [4.69, 9.17) is 25.8 Å². The highest BCUT2D eigenvalue weighted by atomic mass is 16.5. The van der Waals surface area contributed by atoms with Gasteiger partial charge in [-0.3, -0.25) is 0 Å². The molecule has 0 aliphatic rings. The zero-order valence-electron chi connectivity index (χ0n) is 7.33. The number of aldehydes is 1. The van der Waals surface area contributed by atoms with E-state index in [1.165, 1.54) is 7.11 Å². The lowest BCUT2D eigenvalue weighted by Crippen LogP contribution is -2.52. The van der Waals surface area contributed by atoms with Crippen LogP contribution in [0.3, 0.4) is 0 Å². The van der Waals surface area contributed by atoms with Crippen LogP contribution in [-0.4, -0.2) is 59.7 Å². The number of rotatable bonds is 6. The van der Waals surface area contributed by atoms with Gasteiger partial charge in [0.15, 0.2) is 6.29 Å². The molecule has 0 fully saturated rings. The molecular weight excluding hydrogens is 178 g/mol. The third-order valence-electron chi connectivity index (χ3n) is 1.76. The first-order chi connectivity index (χ1) is 6.08. The van der Waals surface area contributed by atoms with Crippen molar-refractivity contribution in [2.45, 2.75) is 24.4 Å². The molecule has 4 unspecified atom stereocenters. The van der Waals surface area contributed by atoms with Crippen LogP contribution in [0.2, 0.25) is 0 Å². The van der Waals surface area contributed by atoms with Gasteiger partial charge in [0.1, 0.15) is 12.2 Å². The lowest BCUT2D eigenvalue weighted by molar-refractivity contribution is -0.125. The number of carbonyl (C=O) groups excluding carboxylic acids is 1. The number of nitrogens with two attached hydrogens (primary N) is 1. The standard InChI is InChI=1S/C7H15NO5/c1-13-7(5(12)3-10)6(8)4(11)2-9/h3-7,9,11-12H,2,8H2,1H3. The first-order valence-electron chi connectivity index (χ1n) is 3.79. The molecular formula is C7H15NO5. The molecule has 13 heavy (non-hydrogen) atoms. The Morgan fingerprint density at radius 1 is 1.54 bits per heavy atom. The number of methoxy groups -OCH3 is 1. The molecule has 6 nitrogen and oxygen atoms in total. The predicted octanol–water partition coefficient (Wildman–Crippen LogP) is -2.76. The Bertz CT molecular complexity index is 154. The van der Waals surface area contributed by atoms with Crippen molar-refractivity contribution in [1.29, 1.82) is 0 Å². The van der Waals surface area contributed by atoms with Gasteiger partial charge in [-0.15, -0.1) is 0 Å². The van der Waals surface area contributed by atoms with E-state index in [1.807, 2.05) is 0 Å². The number of aliphatic hydroxyl groups is 3. The fourth-order valence-electron chi connectivity index (χ4n) is 0.942. The zero-order chi connectivity index (χ0) is 10.4. The fraction of sp³-hybridized carbons (Fsp3) is 0.857. The normalized spacial score (nSPS) is 20.4. The summed E-state index contributed by atoms with van der Waals surface area (Å²) >= 11 is 0. The second-order valence-electron chi connectivity index (χ2n) is 2.65. The maximum Gasteiger partial charge on any atom is 0.151 e. The van der Waals surface area contributed by atoms with Gasteiger partial charge in [0.25, 0.3) is 0 Å². The first-order valence-corrected chi connectivity index (χ1v) is 3.79. The molecule has 0 aromatic carbocycles. The van der Waals surface area contributed by atoms with E-state index in [9.17, 15) is 4.79 Å². The highest BCUT2D eigenvalue weighted by Gasteiger charge is 2.30. The minimum atomic E-state index is -1.40. The number of carbonyl (C=O) groups is 1. The van der Waals surface area contributed by atoms with Crippen molar-refractivity contribution < 1.29 is 24.9 Å². The summed E-state index contributed by atoms with van der Waals surface area (Å²) in [4.78, 5) is 10.2. The van der Waals surface area contributed by atoms with Crippen molar-refractivity contribution >= 4 is 6.29 Å². The molecule has 0 bridgehead atoms. The minimum Gasteiger partial charge on any atom is -0.394 e. The zero-order valence-corrected chi connectivity index (χ0v) is 7.33. The summed E-state index contributed by atoms with van der Waals surface area (Å²) in [6.45, 7) is -0.549. The Labute approximate surface area is 75.9 Å². The van der Waals surface area contributed by atoms with Crippen LogP contribution in [0.1, 0.15) is 0 Å². The average molecular weight is 193 g/mol. The summed E-state index contributed by atoms with van der Waals surface area (Å²) in [7, 11) is 1.25. The second-order valence-corrected chi connectivity index (χ2v) is 2.65. The number of hydrogen-bond donors (Lipinski definition) is 4. The fourth-order valence-corrected chi connectivity index (χ4v) is 0.942. The Morgan fingerprint density at radius 2 is 2.08 bits per heavy atom. The van der Waals surface area contributed by atoms with Crippen molar-refractivity contribution in [3.63, 3.8) is 0 Å². The maximum atomic E-state index is 10.2. The van der Waals surface area contributed by atoms with Crippen LogP contribution in [-0.2, 0) is 9.53 Å². The quantitative estimate of drug-likeness (QED) is 0.340. The maximum absolute atomic E-state index is 10.2. The highest BCUT2D eigenvalue weighted by Crippen LogP contribution is 2.04. The number of aliphatic hydroxyl groups excluding tert-OH is 3. The van der Waals surface area contributed by atoms with E-state index in [1.54, 1.807) is 0 Å². The minimum absolute atomic E-state index is 0.262. The third kappa shape index (κ3) is 3.37. The Hall–Kier alpha value is -0.530. The van der Waals surface area contributed by atoms with Crippen LogP contribution in [0.15, 0.2) is 0 Å². The van der Waals surface area contributed by atoms with E-state index < -0.39 is 31.0 Å². The SMILES string of the molecule is COC(C(O)C=O)C(N)C(O)CO. The number of ether oxygens (including phenoxy) is 1. The van der Waals surface area contributed by atoms with Crippen molar-refractivity contribution in [3.05, 3.63) is 0 Å². The molecule has 0 aliphatic carbocycles. The lowest BCUT2D eigenvalue weighted by Gasteiger charge is -2.26. The van der Waals surface area contributed by atoms with Crippen LogP contribution in [0, 0.1) is 0 Å². The van der Waals surface area contributed by atoms with Gasteiger partial charge in [-0.1, -0.05) is 0 Å². The molecule has 78 valence electrons. The van der Waals surface area contributed by atoms with Crippen molar-refractivity contribution in [3.8, 4) is 0 Å². The lowest BCUT2D eigenvalue weighted by atomic mass is 10.0. The van der Waals surface area contributed by atoms with Crippen LogP contribution in [0.4, 0.5) is 0 Å². The van der Waals surface area contributed by atoms with Crippen molar-refractivity contribution in [2.24, 2.45) is 5.73 Å². The van der Waals surface area contributed by atoms with Gasteiger partial charge >= 0.3 is 0 Å². The van der Waals surface area contributed by atoms with Gasteiger partial charge in [-0.05, 0) is 0 Å². The van der Waals surface area contributed by atoms with E-state index >= 15 is 0 Å². The Kier molecular flexibility index (Phi) is 5.76. The molecule has 0 radical (unpaired) electrons. The largest absolute Gasteiger partial charge is 0.394 e. The number of hydrogen-bond acceptors (Lipinski definition) is 6. The summed E-state index contributed by atoms with van der Waals surface area (Å²) in [6, 6.07) is -1.00. The monoisotopic (exact) mass is 193 g/mol. The molecule has 6 heteroatoms. The van der Waals surface area contributed by atoms with Crippen LogP contribution >= 0.6 is 0 Å². The molecule has 0 saturated carbocycles. The van der Waals surface area contributed by atoms with Gasteiger partial charge < -0.3 is 30.6 Å². The molecule has 0 spiro atoms. The summed E-state index contributed by atoms with van der Waals surface area (Å²) in [5.41, 5.74) is 5.41. The Balaban J connectivity index is 4.29. The molecule has 5 N–H and O–H groups in total. The van der Waals surface area contributed by atoms with E-state index in [2.05, 4.69) is 0 Å². The summed E-state index contributed by atoms with van der Waals surface area (Å²) in [6.07, 6.45) is -3.38. The Morgan fingerprint density at radius 3 is 2.38 bits per heavy atom. The summed E-state index contributed by atoms with van der Waals surface area (Å²) < 4.78 is 4.71. The average Bonchev–Trinajstić information content (AvgIpc) is 2.17. The van der Waals surface area contributed by atoms with Gasteiger partial charge in [-0.25, -0.2) is 0 Å². The van der Waals surface area contributed by atoms with Crippen molar-refractivity contribution in [2.75, 3.05) is 13.7 Å². The topological polar surface area (TPSA) is 113 Å². The van der Waals surface area contributed by atoms with E-state index in [0.717, 1.165) is 0 Å². The van der Waals surface area contributed by atoms with Gasteiger partial charge in [0.2, 0.25) is 0 Å². The van der Waals surface area contributed by atoms with Crippen LogP contribution < -0.4 is 5.73 Å². The van der Waals surface area contributed by atoms with Crippen molar-refractivity contribution in [1.82, 2.24) is 0 Å². The van der Waals surface area contributed by atoms with Crippen LogP contribution in [0.25, 0.3) is 0 Å². The molecule has 0 heterocycles. The van der Waals surface area contributed by atoms with Gasteiger partial charge in [0, 0.05) is 7.11 Å². The molecule has 0 aliphatic heterocycles. The second kappa shape index (κ2) is 6.01. The third-order valence-corrected chi connectivity index (χ3v) is 1.76. The molecule has 0 aromatic heterocycles. The molecule has 0 rings (SSSR count). The molecule has 0 aromatic rings. The highest BCUT2D eigenvalue weighted by molar-refractivity contribution is 5.56. The first kappa shape index (κ1) is 12.5. The molecule has 4 atom stereocenters. The molecule has 0 amide bonds. The van der Waals surface area contributed by atoms with Gasteiger partial charge in [0.05, 0.1) is 18.8 Å². The summed E-state index contributed by atoms with van der Waals surface area (Å²) in [5.74, 6) is 0. The van der Waals surface area contributed by atoms with Crippen LogP contribution in [0.5, 0.6) is 0 Å². The van der Waals surface area contributed by atoms with E-state index in [0.29, 0.717) is 0 Å². The summed E-state index contributed by atoms with van der Waals surface area (Å²) in [5, 5.41) is 26.7. The molecule has 0 saturated heterocycles. The van der Waals surface area contributed by atoms with Gasteiger partial charge in [-0.2, -0.15) is 0 Å². The predicted molar refractivity (Wildman–Crippen MR) is 43.9 cm³/mol. The smallest absolute Gasteiger partial charge is 0.151 e. The van der Waals surface area contributed by atoms with E-state index in [-0.39, 0.29) is 6.29 Å².